The normalized spacial score (nSPS) is 16.5. The monoisotopic (exact) mass is 353 g/mol. The number of aliphatic imine (C=N–C) groups is 1. The van der Waals surface area contributed by atoms with Crippen molar-refractivity contribution in [2.75, 3.05) is 39.6 Å². The molecule has 1 fully saturated rings. The molecule has 1 aromatic carbocycles. The smallest absolute Gasteiger partial charge is 0.191 e. The highest BCUT2D eigenvalue weighted by atomic mass is 32.2. The lowest BCUT2D eigenvalue weighted by Gasteiger charge is -2.42. The highest BCUT2D eigenvalue weighted by Gasteiger charge is 2.36. The molecule has 0 amide bonds. The van der Waals surface area contributed by atoms with E-state index < -0.39 is 0 Å². The van der Waals surface area contributed by atoms with Gasteiger partial charge in [0, 0.05) is 44.5 Å². The van der Waals surface area contributed by atoms with Gasteiger partial charge >= 0.3 is 0 Å². The number of thioether (sulfide) groups is 1. The lowest BCUT2D eigenvalue weighted by molar-refractivity contribution is 0.0733. The average molecular weight is 354 g/mol. The Bertz CT molecular complexity index is 535. The van der Waals surface area contributed by atoms with E-state index in [0.717, 1.165) is 37.8 Å². The first-order valence-corrected chi connectivity index (χ1v) is 9.48. The number of nitrogens with zero attached hydrogens (tertiary/aromatic N) is 1. The minimum atomic E-state index is -0.157. The van der Waals surface area contributed by atoms with Gasteiger partial charge in [0.25, 0.3) is 0 Å². The van der Waals surface area contributed by atoms with Crippen LogP contribution in [-0.4, -0.2) is 45.6 Å². The maximum absolute atomic E-state index is 13.6. The van der Waals surface area contributed by atoms with Crippen LogP contribution in [0.3, 0.4) is 0 Å². The van der Waals surface area contributed by atoms with Gasteiger partial charge in [-0.1, -0.05) is 18.6 Å². The van der Waals surface area contributed by atoms with Crippen LogP contribution in [0, 0.1) is 11.2 Å². The highest BCUT2D eigenvalue weighted by molar-refractivity contribution is 7.99. The Morgan fingerprint density at radius 3 is 2.75 bits per heavy atom. The van der Waals surface area contributed by atoms with Crippen molar-refractivity contribution in [1.82, 2.24) is 10.6 Å². The minimum Gasteiger partial charge on any atom is -0.385 e. The van der Waals surface area contributed by atoms with Crippen LogP contribution in [0.4, 0.5) is 4.39 Å². The van der Waals surface area contributed by atoms with Gasteiger partial charge in [-0.05, 0) is 36.8 Å². The van der Waals surface area contributed by atoms with Crippen LogP contribution in [0.2, 0.25) is 0 Å². The van der Waals surface area contributed by atoms with Crippen LogP contribution in [0.15, 0.2) is 34.2 Å². The molecule has 6 heteroatoms. The zero-order chi connectivity index (χ0) is 17.3. The molecule has 0 unspecified atom stereocenters. The molecule has 0 bridgehead atoms. The third kappa shape index (κ3) is 5.67. The van der Waals surface area contributed by atoms with E-state index in [0.29, 0.717) is 10.3 Å². The van der Waals surface area contributed by atoms with Crippen LogP contribution in [0.1, 0.15) is 25.7 Å². The van der Waals surface area contributed by atoms with Gasteiger partial charge in [-0.15, -0.1) is 11.8 Å². The number of methoxy groups -OCH3 is 1. The van der Waals surface area contributed by atoms with Crippen molar-refractivity contribution in [2.24, 2.45) is 10.4 Å². The standard InChI is InChI=1S/C18H28FN3OS/c1-20-17(22-14-18(8-5-9-18)10-12-23-2)21-11-13-24-16-7-4-3-6-15(16)19/h3-4,6-7H,5,8-14H2,1-2H3,(H2,20,21,22). The number of rotatable bonds is 9. The van der Waals surface area contributed by atoms with Crippen LogP contribution >= 0.6 is 11.8 Å². The van der Waals surface area contributed by atoms with E-state index in [-0.39, 0.29) is 5.82 Å². The SMILES string of the molecule is CN=C(NCCSc1ccccc1F)NCC1(CCOC)CCC1. The lowest BCUT2D eigenvalue weighted by atomic mass is 9.67. The van der Waals surface area contributed by atoms with Crippen molar-refractivity contribution in [3.05, 3.63) is 30.1 Å². The molecule has 0 aromatic heterocycles. The van der Waals surface area contributed by atoms with Crippen LogP contribution in [0.5, 0.6) is 0 Å². The van der Waals surface area contributed by atoms with Crippen LogP contribution in [-0.2, 0) is 4.74 Å². The Hall–Kier alpha value is -1.27. The second kappa shape index (κ2) is 9.89. The van der Waals surface area contributed by atoms with Gasteiger partial charge in [-0.25, -0.2) is 4.39 Å². The Morgan fingerprint density at radius 1 is 1.33 bits per heavy atom. The summed E-state index contributed by atoms with van der Waals surface area (Å²) in [5.74, 6) is 1.44. The Morgan fingerprint density at radius 2 is 2.12 bits per heavy atom. The Kier molecular flexibility index (Phi) is 7.85. The van der Waals surface area contributed by atoms with Crippen molar-refractivity contribution in [2.45, 2.75) is 30.6 Å². The predicted molar refractivity (Wildman–Crippen MR) is 99.3 cm³/mol. The second-order valence-electron chi connectivity index (χ2n) is 6.23. The topological polar surface area (TPSA) is 45.7 Å². The minimum absolute atomic E-state index is 0.157. The molecule has 134 valence electrons. The second-order valence-corrected chi connectivity index (χ2v) is 7.36. The van der Waals surface area contributed by atoms with E-state index in [4.69, 9.17) is 4.74 Å². The number of benzene rings is 1. The van der Waals surface area contributed by atoms with E-state index in [9.17, 15) is 4.39 Å². The van der Waals surface area contributed by atoms with Crippen LogP contribution < -0.4 is 10.6 Å². The van der Waals surface area contributed by atoms with Crippen molar-refractivity contribution >= 4 is 17.7 Å². The van der Waals surface area contributed by atoms with Crippen molar-refractivity contribution in [3.8, 4) is 0 Å². The van der Waals surface area contributed by atoms with Crippen LogP contribution in [0.25, 0.3) is 0 Å². The molecule has 24 heavy (non-hydrogen) atoms. The summed E-state index contributed by atoms with van der Waals surface area (Å²) in [5.41, 5.74) is 0.357. The average Bonchev–Trinajstić information content (AvgIpc) is 2.56. The summed E-state index contributed by atoms with van der Waals surface area (Å²) in [6.45, 7) is 2.48. The summed E-state index contributed by atoms with van der Waals surface area (Å²) in [5, 5.41) is 6.73. The number of ether oxygens (including phenoxy) is 1. The predicted octanol–water partition coefficient (Wildman–Crippen LogP) is 3.29. The number of hydrogen-bond donors (Lipinski definition) is 2. The van der Waals surface area contributed by atoms with E-state index in [1.54, 1.807) is 20.2 Å². The molecular formula is C18H28FN3OS. The molecule has 0 atom stereocenters. The summed E-state index contributed by atoms with van der Waals surface area (Å²) in [6, 6.07) is 6.87. The zero-order valence-corrected chi connectivity index (χ0v) is 15.4. The Labute approximate surface area is 148 Å². The molecule has 0 radical (unpaired) electrons. The van der Waals surface area contributed by atoms with Gasteiger partial charge in [0.1, 0.15) is 5.82 Å². The summed E-state index contributed by atoms with van der Waals surface area (Å²) in [7, 11) is 3.54. The van der Waals surface area contributed by atoms with Gasteiger partial charge in [0.15, 0.2) is 5.96 Å². The summed E-state index contributed by atoms with van der Waals surface area (Å²) < 4.78 is 18.8. The molecule has 4 nitrogen and oxygen atoms in total. The first-order valence-electron chi connectivity index (χ1n) is 8.50. The largest absolute Gasteiger partial charge is 0.385 e. The molecule has 1 saturated carbocycles. The van der Waals surface area contributed by atoms with Gasteiger partial charge in [-0.3, -0.25) is 4.99 Å². The molecule has 1 aliphatic rings. The van der Waals surface area contributed by atoms with E-state index in [1.807, 2.05) is 12.1 Å². The maximum atomic E-state index is 13.6. The van der Waals surface area contributed by atoms with Gasteiger partial charge in [0.2, 0.25) is 0 Å². The molecule has 1 aliphatic carbocycles. The molecule has 0 aliphatic heterocycles. The molecule has 0 spiro atoms. The fraction of sp³-hybridized carbons (Fsp3) is 0.611. The molecule has 0 heterocycles. The summed E-state index contributed by atoms with van der Waals surface area (Å²) in [6.07, 6.45) is 4.90. The van der Waals surface area contributed by atoms with E-state index in [1.165, 1.54) is 37.1 Å². The lowest BCUT2D eigenvalue weighted by Crippen LogP contribution is -2.47. The third-order valence-corrected chi connectivity index (χ3v) is 5.64. The van der Waals surface area contributed by atoms with Crippen molar-refractivity contribution < 1.29 is 9.13 Å². The van der Waals surface area contributed by atoms with E-state index in [2.05, 4.69) is 15.6 Å². The molecule has 2 N–H and O–H groups in total. The fourth-order valence-electron chi connectivity index (χ4n) is 2.89. The molecule has 1 aromatic rings. The number of guanidine groups is 1. The van der Waals surface area contributed by atoms with Crippen molar-refractivity contribution in [3.63, 3.8) is 0 Å². The molecule has 0 saturated heterocycles. The Balaban J connectivity index is 1.68. The van der Waals surface area contributed by atoms with Crippen molar-refractivity contribution in [1.29, 1.82) is 0 Å². The molecular weight excluding hydrogens is 325 g/mol. The summed E-state index contributed by atoms with van der Waals surface area (Å²) in [4.78, 5) is 4.96. The third-order valence-electron chi connectivity index (χ3n) is 4.59. The van der Waals surface area contributed by atoms with Gasteiger partial charge in [-0.2, -0.15) is 0 Å². The number of hydrogen-bond acceptors (Lipinski definition) is 3. The molecule has 2 rings (SSSR count). The number of halogens is 1. The fourth-order valence-corrected chi connectivity index (χ4v) is 3.70. The summed E-state index contributed by atoms with van der Waals surface area (Å²) >= 11 is 1.51. The first kappa shape index (κ1) is 19.1. The first-order chi connectivity index (χ1) is 11.7. The quantitative estimate of drug-likeness (QED) is 0.309. The maximum Gasteiger partial charge on any atom is 0.191 e. The zero-order valence-electron chi connectivity index (χ0n) is 14.6. The highest BCUT2D eigenvalue weighted by Crippen LogP contribution is 2.43. The van der Waals surface area contributed by atoms with E-state index >= 15 is 0 Å². The number of nitrogens with one attached hydrogen (secondary N) is 2. The van der Waals surface area contributed by atoms with Gasteiger partial charge < -0.3 is 15.4 Å². The van der Waals surface area contributed by atoms with Gasteiger partial charge in [0.05, 0.1) is 0 Å².